The summed E-state index contributed by atoms with van der Waals surface area (Å²) >= 11 is 0. The van der Waals surface area contributed by atoms with Gasteiger partial charge in [-0.05, 0) is 17.7 Å². The number of aromatic nitrogens is 1. The summed E-state index contributed by atoms with van der Waals surface area (Å²) in [5.41, 5.74) is 6.94. The fourth-order valence-corrected chi connectivity index (χ4v) is 2.31. The van der Waals surface area contributed by atoms with Crippen molar-refractivity contribution in [3.05, 3.63) is 29.4 Å². The summed E-state index contributed by atoms with van der Waals surface area (Å²) in [6.07, 6.45) is 7.50. The van der Waals surface area contributed by atoms with Gasteiger partial charge in [-0.25, -0.2) is 9.37 Å². The maximum Gasteiger partial charge on any atom is 0.198 e. The van der Waals surface area contributed by atoms with Gasteiger partial charge in [-0.1, -0.05) is 46.0 Å². The number of fused-ring (bicyclic) bond motifs is 1. The highest BCUT2D eigenvalue weighted by atomic mass is 19.1. The SMILES string of the molecule is C1CCCC1.CC(C)c1nc2cc(CN)cc(F)c2o1. The Kier molecular flexibility index (Phi) is 5.12. The maximum atomic E-state index is 13.5. The van der Waals surface area contributed by atoms with Gasteiger partial charge in [-0.3, -0.25) is 0 Å². The van der Waals surface area contributed by atoms with Crippen LogP contribution in [-0.2, 0) is 6.54 Å². The summed E-state index contributed by atoms with van der Waals surface area (Å²) < 4.78 is 18.9. The van der Waals surface area contributed by atoms with E-state index in [1.165, 1.54) is 38.2 Å². The molecule has 110 valence electrons. The van der Waals surface area contributed by atoms with Crippen molar-refractivity contribution in [3.63, 3.8) is 0 Å². The summed E-state index contributed by atoms with van der Waals surface area (Å²) in [5, 5.41) is 0. The first-order valence-corrected chi connectivity index (χ1v) is 7.40. The van der Waals surface area contributed by atoms with E-state index in [1.807, 2.05) is 13.8 Å². The van der Waals surface area contributed by atoms with E-state index in [1.54, 1.807) is 6.07 Å². The Morgan fingerprint density at radius 3 is 2.30 bits per heavy atom. The van der Waals surface area contributed by atoms with Gasteiger partial charge in [0.05, 0.1) is 0 Å². The van der Waals surface area contributed by atoms with Crippen LogP contribution in [0.2, 0.25) is 0 Å². The molecule has 4 heteroatoms. The Morgan fingerprint density at radius 1 is 1.20 bits per heavy atom. The van der Waals surface area contributed by atoms with E-state index in [-0.39, 0.29) is 11.5 Å². The van der Waals surface area contributed by atoms with Crippen molar-refractivity contribution in [2.75, 3.05) is 0 Å². The number of nitrogens with two attached hydrogens (primary N) is 1. The van der Waals surface area contributed by atoms with Crippen LogP contribution in [0.25, 0.3) is 11.1 Å². The molecule has 0 atom stereocenters. The number of nitrogens with zero attached hydrogens (tertiary/aromatic N) is 1. The van der Waals surface area contributed by atoms with Crippen LogP contribution in [0, 0.1) is 5.82 Å². The minimum atomic E-state index is -0.396. The smallest absolute Gasteiger partial charge is 0.198 e. The lowest BCUT2D eigenvalue weighted by Crippen LogP contribution is -1.96. The lowest BCUT2D eigenvalue weighted by molar-refractivity contribution is 0.483. The van der Waals surface area contributed by atoms with E-state index in [2.05, 4.69) is 4.98 Å². The molecule has 0 amide bonds. The fraction of sp³-hybridized carbons (Fsp3) is 0.562. The topological polar surface area (TPSA) is 52.0 Å². The van der Waals surface area contributed by atoms with Crippen molar-refractivity contribution in [3.8, 4) is 0 Å². The minimum absolute atomic E-state index is 0.151. The normalized spacial score (nSPS) is 14.7. The first kappa shape index (κ1) is 15.0. The van der Waals surface area contributed by atoms with Crippen molar-refractivity contribution < 1.29 is 8.81 Å². The van der Waals surface area contributed by atoms with Gasteiger partial charge in [0.25, 0.3) is 0 Å². The predicted molar refractivity (Wildman–Crippen MR) is 79.0 cm³/mol. The molecule has 0 radical (unpaired) electrons. The quantitative estimate of drug-likeness (QED) is 0.880. The molecule has 1 aromatic carbocycles. The second-order valence-corrected chi connectivity index (χ2v) is 5.60. The number of hydrogen-bond donors (Lipinski definition) is 1. The van der Waals surface area contributed by atoms with Gasteiger partial charge < -0.3 is 10.2 Å². The van der Waals surface area contributed by atoms with E-state index in [0.29, 0.717) is 18.0 Å². The van der Waals surface area contributed by atoms with Crippen molar-refractivity contribution in [2.24, 2.45) is 5.73 Å². The fourth-order valence-electron chi connectivity index (χ4n) is 2.31. The Morgan fingerprint density at radius 2 is 1.80 bits per heavy atom. The zero-order valence-corrected chi connectivity index (χ0v) is 12.3. The molecule has 1 fully saturated rings. The number of hydrogen-bond acceptors (Lipinski definition) is 3. The van der Waals surface area contributed by atoms with Gasteiger partial charge in [-0.2, -0.15) is 0 Å². The first-order valence-electron chi connectivity index (χ1n) is 7.40. The van der Waals surface area contributed by atoms with Crippen LogP contribution in [0.15, 0.2) is 16.5 Å². The van der Waals surface area contributed by atoms with Crippen molar-refractivity contribution in [2.45, 2.75) is 58.4 Å². The van der Waals surface area contributed by atoms with Crippen LogP contribution in [0.1, 0.15) is 63.3 Å². The molecular formula is C16H23FN2O. The molecule has 1 saturated carbocycles. The van der Waals surface area contributed by atoms with E-state index in [0.717, 1.165) is 5.56 Å². The molecule has 1 aliphatic rings. The third-order valence-corrected chi connectivity index (χ3v) is 3.50. The summed E-state index contributed by atoms with van der Waals surface area (Å²) in [7, 11) is 0. The highest BCUT2D eigenvalue weighted by Gasteiger charge is 2.13. The monoisotopic (exact) mass is 278 g/mol. The summed E-state index contributed by atoms with van der Waals surface area (Å²) in [6, 6.07) is 3.14. The van der Waals surface area contributed by atoms with Crippen LogP contribution >= 0.6 is 0 Å². The van der Waals surface area contributed by atoms with Crippen LogP contribution in [0.4, 0.5) is 4.39 Å². The molecule has 0 bridgehead atoms. The van der Waals surface area contributed by atoms with Gasteiger partial charge in [-0.15, -0.1) is 0 Å². The highest BCUT2D eigenvalue weighted by molar-refractivity contribution is 5.74. The molecule has 1 aliphatic carbocycles. The Labute approximate surface area is 119 Å². The van der Waals surface area contributed by atoms with E-state index in [9.17, 15) is 4.39 Å². The second kappa shape index (κ2) is 6.84. The lowest BCUT2D eigenvalue weighted by atomic mass is 10.2. The van der Waals surface area contributed by atoms with Gasteiger partial charge in [0.2, 0.25) is 0 Å². The molecule has 0 unspecified atom stereocenters. The maximum absolute atomic E-state index is 13.5. The molecule has 1 heterocycles. The van der Waals surface area contributed by atoms with Gasteiger partial charge >= 0.3 is 0 Å². The number of rotatable bonds is 2. The highest BCUT2D eigenvalue weighted by Crippen LogP contribution is 2.24. The number of oxazole rings is 1. The number of benzene rings is 1. The summed E-state index contributed by atoms with van der Waals surface area (Å²) in [5.74, 6) is 0.309. The van der Waals surface area contributed by atoms with E-state index < -0.39 is 5.82 Å². The molecular weight excluding hydrogens is 255 g/mol. The largest absolute Gasteiger partial charge is 0.437 e. The Bertz CT molecular complexity index is 551. The number of halogens is 1. The average Bonchev–Trinajstić information content (AvgIpc) is 3.10. The standard InChI is InChI=1S/C11H13FN2O.C5H10/c1-6(2)11-14-9-4-7(5-13)3-8(12)10(9)15-11;1-2-4-5-3-1/h3-4,6H,5,13H2,1-2H3;1-5H2. The van der Waals surface area contributed by atoms with E-state index in [4.69, 9.17) is 10.2 Å². The summed E-state index contributed by atoms with van der Waals surface area (Å²) in [4.78, 5) is 4.22. The van der Waals surface area contributed by atoms with Crippen molar-refractivity contribution in [1.29, 1.82) is 0 Å². The third kappa shape index (κ3) is 3.57. The molecule has 0 spiro atoms. The van der Waals surface area contributed by atoms with Crippen LogP contribution in [0.3, 0.4) is 0 Å². The van der Waals surface area contributed by atoms with Gasteiger partial charge in [0, 0.05) is 12.5 Å². The second-order valence-electron chi connectivity index (χ2n) is 5.60. The van der Waals surface area contributed by atoms with Crippen molar-refractivity contribution >= 4 is 11.1 Å². The Balaban J connectivity index is 0.000000247. The van der Waals surface area contributed by atoms with Gasteiger partial charge in [0.15, 0.2) is 17.3 Å². The van der Waals surface area contributed by atoms with Crippen LogP contribution in [-0.4, -0.2) is 4.98 Å². The summed E-state index contributed by atoms with van der Waals surface area (Å²) in [6.45, 7) is 4.20. The Hall–Kier alpha value is -1.42. The molecule has 2 N–H and O–H groups in total. The van der Waals surface area contributed by atoms with Crippen molar-refractivity contribution in [1.82, 2.24) is 4.98 Å². The first-order chi connectivity index (χ1) is 9.61. The molecule has 20 heavy (non-hydrogen) atoms. The average molecular weight is 278 g/mol. The molecule has 3 rings (SSSR count). The molecule has 0 saturated heterocycles. The molecule has 2 aromatic rings. The third-order valence-electron chi connectivity index (χ3n) is 3.50. The molecule has 3 nitrogen and oxygen atoms in total. The van der Waals surface area contributed by atoms with E-state index >= 15 is 0 Å². The van der Waals surface area contributed by atoms with Crippen LogP contribution < -0.4 is 5.73 Å². The minimum Gasteiger partial charge on any atom is -0.437 e. The van der Waals surface area contributed by atoms with Gasteiger partial charge in [0.1, 0.15) is 5.52 Å². The zero-order valence-electron chi connectivity index (χ0n) is 12.3. The zero-order chi connectivity index (χ0) is 14.5. The molecule has 0 aliphatic heterocycles. The molecule has 1 aromatic heterocycles. The van der Waals surface area contributed by atoms with Crippen LogP contribution in [0.5, 0.6) is 0 Å². The lowest BCUT2D eigenvalue weighted by Gasteiger charge is -1.95. The predicted octanol–water partition coefficient (Wildman–Crippen LogP) is 4.50.